The Hall–Kier alpha value is -0.260. The fourth-order valence-corrected chi connectivity index (χ4v) is 1.87. The Labute approximate surface area is 78.5 Å². The molecule has 0 saturated heterocycles. The maximum absolute atomic E-state index is 5.54. The van der Waals surface area contributed by atoms with E-state index in [0.717, 1.165) is 9.33 Å². The van der Waals surface area contributed by atoms with Gasteiger partial charge in [0.2, 0.25) is 0 Å². The van der Waals surface area contributed by atoms with Gasteiger partial charge >= 0.3 is 0 Å². The Bertz CT molecular complexity index is 267. The number of aromatic nitrogens is 1. The van der Waals surface area contributed by atoms with Crippen LogP contribution in [0.2, 0.25) is 0 Å². The van der Waals surface area contributed by atoms with Crippen LogP contribution >= 0.6 is 22.6 Å². The van der Waals surface area contributed by atoms with Crippen LogP contribution in [0.5, 0.6) is 0 Å². The first-order valence-electron chi connectivity index (χ1n) is 3.69. The molecule has 0 atom stereocenters. The first kappa shape index (κ1) is 7.39. The van der Waals surface area contributed by atoms with Crippen LogP contribution in [0.1, 0.15) is 30.9 Å². The summed E-state index contributed by atoms with van der Waals surface area (Å²) in [6, 6.07) is 0. The maximum Gasteiger partial charge on any atom is 0.180 e. The summed E-state index contributed by atoms with van der Waals surface area (Å²) in [7, 11) is 0. The zero-order chi connectivity index (χ0) is 7.84. The van der Waals surface area contributed by atoms with Gasteiger partial charge in [-0.2, -0.15) is 0 Å². The predicted octanol–water partition coefficient (Wildman–Crippen LogP) is 2.13. The molecule has 1 saturated carbocycles. The van der Waals surface area contributed by atoms with Gasteiger partial charge in [0.05, 0.1) is 3.57 Å². The van der Waals surface area contributed by atoms with Crippen molar-refractivity contribution < 1.29 is 4.52 Å². The fraction of sp³-hybridized carbons (Fsp3) is 0.571. The Balaban J connectivity index is 2.29. The quantitative estimate of drug-likeness (QED) is 0.790. The van der Waals surface area contributed by atoms with Crippen LogP contribution in [0.3, 0.4) is 0 Å². The Morgan fingerprint density at radius 3 is 2.64 bits per heavy atom. The molecule has 2 rings (SSSR count). The average molecular weight is 264 g/mol. The van der Waals surface area contributed by atoms with Gasteiger partial charge in [0.1, 0.15) is 0 Å². The van der Waals surface area contributed by atoms with Crippen molar-refractivity contribution in [1.82, 2.24) is 5.16 Å². The van der Waals surface area contributed by atoms with Gasteiger partial charge in [-0.15, -0.1) is 0 Å². The number of anilines is 1. The highest BCUT2D eigenvalue weighted by atomic mass is 127. The van der Waals surface area contributed by atoms with Gasteiger partial charge in [-0.25, -0.2) is 0 Å². The second-order valence-corrected chi connectivity index (χ2v) is 3.95. The molecule has 1 aromatic rings. The van der Waals surface area contributed by atoms with Gasteiger partial charge in [0.15, 0.2) is 11.6 Å². The molecule has 1 fully saturated rings. The summed E-state index contributed by atoms with van der Waals surface area (Å²) in [5, 5.41) is 3.71. The number of nitrogens with two attached hydrogens (primary N) is 1. The number of halogens is 1. The zero-order valence-electron chi connectivity index (χ0n) is 6.01. The van der Waals surface area contributed by atoms with Crippen molar-refractivity contribution in [3.05, 3.63) is 9.33 Å². The van der Waals surface area contributed by atoms with E-state index in [1.807, 2.05) is 0 Å². The van der Waals surface area contributed by atoms with Crippen molar-refractivity contribution in [3.8, 4) is 0 Å². The van der Waals surface area contributed by atoms with Crippen molar-refractivity contribution in [3.63, 3.8) is 0 Å². The molecule has 1 aromatic heterocycles. The summed E-state index contributed by atoms with van der Waals surface area (Å²) >= 11 is 2.19. The van der Waals surface area contributed by atoms with Gasteiger partial charge in [-0.1, -0.05) is 11.6 Å². The molecule has 0 aliphatic heterocycles. The van der Waals surface area contributed by atoms with E-state index in [1.54, 1.807) is 0 Å². The van der Waals surface area contributed by atoms with Gasteiger partial charge in [-0.05, 0) is 35.4 Å². The van der Waals surface area contributed by atoms with E-state index in [4.69, 9.17) is 10.3 Å². The van der Waals surface area contributed by atoms with Gasteiger partial charge in [0, 0.05) is 5.92 Å². The summed E-state index contributed by atoms with van der Waals surface area (Å²) in [5.41, 5.74) is 5.54. The monoisotopic (exact) mass is 264 g/mol. The molecular weight excluding hydrogens is 255 g/mol. The average Bonchev–Trinajstić information content (AvgIpc) is 2.15. The molecule has 0 amide bonds. The summed E-state index contributed by atoms with van der Waals surface area (Å²) in [4.78, 5) is 0. The number of rotatable bonds is 1. The number of nitrogen functional groups attached to an aromatic ring is 1. The summed E-state index contributed by atoms with van der Waals surface area (Å²) in [5.74, 6) is 2.12. The molecule has 1 aliphatic carbocycles. The minimum absolute atomic E-state index is 0.535. The topological polar surface area (TPSA) is 52.0 Å². The smallest absolute Gasteiger partial charge is 0.180 e. The van der Waals surface area contributed by atoms with Crippen LogP contribution in [0.4, 0.5) is 5.82 Å². The molecular formula is C7H9IN2O. The molecule has 4 heteroatoms. The van der Waals surface area contributed by atoms with Crippen molar-refractivity contribution in [2.75, 3.05) is 5.73 Å². The van der Waals surface area contributed by atoms with E-state index in [9.17, 15) is 0 Å². The van der Waals surface area contributed by atoms with E-state index in [0.29, 0.717) is 11.7 Å². The second-order valence-electron chi connectivity index (χ2n) is 2.87. The van der Waals surface area contributed by atoms with E-state index >= 15 is 0 Å². The molecule has 0 bridgehead atoms. The van der Waals surface area contributed by atoms with Crippen LogP contribution in [0.15, 0.2) is 4.52 Å². The lowest BCUT2D eigenvalue weighted by Gasteiger charge is -2.22. The molecule has 0 aromatic carbocycles. The van der Waals surface area contributed by atoms with Crippen LogP contribution in [0, 0.1) is 3.57 Å². The molecule has 1 heterocycles. The van der Waals surface area contributed by atoms with Crippen LogP contribution < -0.4 is 5.73 Å². The first-order valence-corrected chi connectivity index (χ1v) is 4.77. The molecule has 3 nitrogen and oxygen atoms in total. The van der Waals surface area contributed by atoms with Gasteiger partial charge in [-0.3, -0.25) is 0 Å². The van der Waals surface area contributed by atoms with Crippen molar-refractivity contribution in [1.29, 1.82) is 0 Å². The molecule has 1 aliphatic rings. The molecule has 2 N–H and O–H groups in total. The molecule has 0 spiro atoms. The molecule has 11 heavy (non-hydrogen) atoms. The largest absolute Gasteiger partial charge is 0.380 e. The maximum atomic E-state index is 5.54. The van der Waals surface area contributed by atoms with Crippen LogP contribution in [-0.2, 0) is 0 Å². The van der Waals surface area contributed by atoms with Crippen LogP contribution in [0.25, 0.3) is 0 Å². The third kappa shape index (κ3) is 1.13. The third-order valence-electron chi connectivity index (χ3n) is 2.16. The molecule has 60 valence electrons. The lowest BCUT2D eigenvalue weighted by atomic mass is 9.84. The lowest BCUT2D eigenvalue weighted by Crippen LogP contribution is -2.08. The van der Waals surface area contributed by atoms with Crippen LogP contribution in [-0.4, -0.2) is 5.16 Å². The normalized spacial score (nSPS) is 18.3. The summed E-state index contributed by atoms with van der Waals surface area (Å²) < 4.78 is 6.12. The lowest BCUT2D eigenvalue weighted by molar-refractivity contribution is 0.300. The van der Waals surface area contributed by atoms with Gasteiger partial charge < -0.3 is 10.3 Å². The number of hydrogen-bond donors (Lipinski definition) is 1. The molecule has 0 radical (unpaired) electrons. The van der Waals surface area contributed by atoms with Crippen molar-refractivity contribution >= 4 is 28.4 Å². The first-order chi connectivity index (χ1) is 5.29. The third-order valence-corrected chi connectivity index (χ3v) is 3.24. The highest BCUT2D eigenvalue weighted by molar-refractivity contribution is 14.1. The molecule has 0 unspecified atom stereocenters. The summed E-state index contributed by atoms with van der Waals surface area (Å²) in [6.07, 6.45) is 3.76. The SMILES string of the molecule is Nc1noc(C2CCC2)c1I. The fourth-order valence-electron chi connectivity index (χ4n) is 1.23. The van der Waals surface area contributed by atoms with E-state index < -0.39 is 0 Å². The Morgan fingerprint density at radius 1 is 1.55 bits per heavy atom. The Kier molecular flexibility index (Phi) is 1.78. The standard InChI is InChI=1S/C7H9IN2O/c8-5-6(4-2-1-3-4)11-10-7(5)9/h4H,1-3H2,(H2,9,10). The van der Waals surface area contributed by atoms with Gasteiger partial charge in [0.25, 0.3) is 0 Å². The van der Waals surface area contributed by atoms with Crippen molar-refractivity contribution in [2.24, 2.45) is 0 Å². The number of hydrogen-bond acceptors (Lipinski definition) is 3. The minimum Gasteiger partial charge on any atom is -0.380 e. The second kappa shape index (κ2) is 2.66. The highest BCUT2D eigenvalue weighted by Gasteiger charge is 2.26. The van der Waals surface area contributed by atoms with Crippen molar-refractivity contribution in [2.45, 2.75) is 25.2 Å². The highest BCUT2D eigenvalue weighted by Crippen LogP contribution is 2.39. The summed E-state index contributed by atoms with van der Waals surface area (Å²) in [6.45, 7) is 0. The van der Waals surface area contributed by atoms with E-state index in [1.165, 1.54) is 19.3 Å². The Morgan fingerprint density at radius 2 is 2.27 bits per heavy atom. The van der Waals surface area contributed by atoms with E-state index in [2.05, 4.69) is 27.7 Å². The zero-order valence-corrected chi connectivity index (χ0v) is 8.17. The number of nitrogens with zero attached hydrogens (tertiary/aromatic N) is 1. The minimum atomic E-state index is 0.535. The van der Waals surface area contributed by atoms with E-state index in [-0.39, 0.29) is 0 Å². The predicted molar refractivity (Wildman–Crippen MR) is 50.2 cm³/mol.